The molecule has 2 aromatic rings. The second-order valence-electron chi connectivity index (χ2n) is 7.49. The molecule has 0 aromatic heterocycles. The van der Waals surface area contributed by atoms with Gasteiger partial charge in [0, 0.05) is 13.0 Å². The monoisotopic (exact) mass is 367 g/mol. The van der Waals surface area contributed by atoms with Crippen LogP contribution in [0.3, 0.4) is 0 Å². The zero-order valence-electron chi connectivity index (χ0n) is 16.7. The second-order valence-corrected chi connectivity index (χ2v) is 7.49. The molecule has 1 heterocycles. The van der Waals surface area contributed by atoms with E-state index in [0.717, 1.165) is 36.3 Å². The van der Waals surface area contributed by atoms with E-state index in [2.05, 4.69) is 32.0 Å². The van der Waals surface area contributed by atoms with E-state index >= 15 is 0 Å². The molecule has 1 atom stereocenters. The first-order chi connectivity index (χ1) is 13.0. The highest BCUT2D eigenvalue weighted by Crippen LogP contribution is 2.41. The number of rotatable bonds is 6. The van der Waals surface area contributed by atoms with Gasteiger partial charge in [-0.15, -0.1) is 0 Å². The average molecular weight is 367 g/mol. The van der Waals surface area contributed by atoms with E-state index < -0.39 is 0 Å². The lowest BCUT2D eigenvalue weighted by atomic mass is 9.87. The number of fused-ring (bicyclic) bond motifs is 1. The van der Waals surface area contributed by atoms with Gasteiger partial charge in [0.1, 0.15) is 0 Å². The van der Waals surface area contributed by atoms with Gasteiger partial charge in [0.15, 0.2) is 11.5 Å². The molecule has 0 radical (unpaired) electrons. The Morgan fingerprint density at radius 2 is 1.78 bits per heavy atom. The largest absolute Gasteiger partial charge is 0.493 e. The summed E-state index contributed by atoms with van der Waals surface area (Å²) in [6, 6.07) is 14.3. The van der Waals surface area contributed by atoms with Crippen molar-refractivity contribution >= 4 is 5.91 Å². The van der Waals surface area contributed by atoms with Crippen LogP contribution in [-0.4, -0.2) is 31.6 Å². The first kappa shape index (κ1) is 19.3. The van der Waals surface area contributed by atoms with Crippen LogP contribution in [0.4, 0.5) is 0 Å². The standard InChI is InChI=1S/C23H29NO3/c1-16(2)10-11-22(25)24-13-12-18-14-20(26-3)21(27-4)15-19(18)23(24)17-8-6-5-7-9-17/h5-9,14-16,23H,10-13H2,1-4H3. The molecule has 0 bridgehead atoms. The van der Waals surface area contributed by atoms with Gasteiger partial charge in [0.2, 0.25) is 5.91 Å². The van der Waals surface area contributed by atoms with Gasteiger partial charge in [-0.2, -0.15) is 0 Å². The lowest BCUT2D eigenvalue weighted by molar-refractivity contribution is -0.133. The lowest BCUT2D eigenvalue weighted by Gasteiger charge is -2.38. The maximum Gasteiger partial charge on any atom is 0.223 e. The Hall–Kier alpha value is -2.49. The zero-order valence-corrected chi connectivity index (χ0v) is 16.7. The van der Waals surface area contributed by atoms with Crippen molar-refractivity contribution in [2.75, 3.05) is 20.8 Å². The van der Waals surface area contributed by atoms with E-state index in [1.165, 1.54) is 5.56 Å². The van der Waals surface area contributed by atoms with Gasteiger partial charge in [-0.1, -0.05) is 44.2 Å². The van der Waals surface area contributed by atoms with Crippen LogP contribution in [0.25, 0.3) is 0 Å². The SMILES string of the molecule is COc1cc2c(cc1OC)C(c1ccccc1)N(C(=O)CCC(C)C)CC2. The Morgan fingerprint density at radius 3 is 2.41 bits per heavy atom. The van der Waals surface area contributed by atoms with Crippen LogP contribution in [0.2, 0.25) is 0 Å². The zero-order chi connectivity index (χ0) is 19.4. The van der Waals surface area contributed by atoms with Crippen LogP contribution < -0.4 is 9.47 Å². The Morgan fingerprint density at radius 1 is 1.11 bits per heavy atom. The Bertz CT molecular complexity index is 786. The number of benzene rings is 2. The van der Waals surface area contributed by atoms with Crippen molar-refractivity contribution in [1.29, 1.82) is 0 Å². The maximum atomic E-state index is 13.0. The van der Waals surface area contributed by atoms with Gasteiger partial charge < -0.3 is 14.4 Å². The summed E-state index contributed by atoms with van der Waals surface area (Å²) in [4.78, 5) is 15.1. The number of nitrogens with zero attached hydrogens (tertiary/aromatic N) is 1. The summed E-state index contributed by atoms with van der Waals surface area (Å²) < 4.78 is 11.0. The molecule has 1 aliphatic rings. The Balaban J connectivity index is 2.04. The fourth-order valence-electron chi connectivity index (χ4n) is 3.77. The molecule has 144 valence electrons. The summed E-state index contributed by atoms with van der Waals surface area (Å²) in [5.41, 5.74) is 3.47. The van der Waals surface area contributed by atoms with Crippen molar-refractivity contribution in [3.63, 3.8) is 0 Å². The molecule has 0 spiro atoms. The maximum absolute atomic E-state index is 13.0. The summed E-state index contributed by atoms with van der Waals surface area (Å²) in [6.45, 7) is 5.04. The van der Waals surface area contributed by atoms with E-state index in [4.69, 9.17) is 9.47 Å². The molecule has 3 rings (SSSR count). The first-order valence-electron chi connectivity index (χ1n) is 9.64. The van der Waals surface area contributed by atoms with Gasteiger partial charge >= 0.3 is 0 Å². The molecule has 4 nitrogen and oxygen atoms in total. The summed E-state index contributed by atoms with van der Waals surface area (Å²) in [5, 5.41) is 0. The molecule has 27 heavy (non-hydrogen) atoms. The Kier molecular flexibility index (Phi) is 6.04. The molecule has 4 heteroatoms. The number of hydrogen-bond donors (Lipinski definition) is 0. The summed E-state index contributed by atoms with van der Waals surface area (Å²) in [6.07, 6.45) is 2.33. The predicted molar refractivity (Wildman–Crippen MR) is 107 cm³/mol. The molecule has 0 saturated heterocycles. The minimum Gasteiger partial charge on any atom is -0.493 e. The minimum absolute atomic E-state index is 0.0885. The molecule has 0 aliphatic carbocycles. The van der Waals surface area contributed by atoms with Crippen molar-refractivity contribution in [1.82, 2.24) is 4.90 Å². The van der Waals surface area contributed by atoms with Crippen molar-refractivity contribution < 1.29 is 14.3 Å². The number of amides is 1. The highest BCUT2D eigenvalue weighted by molar-refractivity contribution is 5.78. The minimum atomic E-state index is -0.0885. The number of carbonyl (C=O) groups is 1. The fraction of sp³-hybridized carbons (Fsp3) is 0.435. The Labute approximate surface area is 162 Å². The van der Waals surface area contributed by atoms with Crippen LogP contribution in [0.15, 0.2) is 42.5 Å². The quantitative estimate of drug-likeness (QED) is 0.748. The van der Waals surface area contributed by atoms with Gasteiger partial charge in [-0.3, -0.25) is 4.79 Å². The van der Waals surface area contributed by atoms with Crippen molar-refractivity contribution in [2.45, 2.75) is 39.2 Å². The van der Waals surface area contributed by atoms with Crippen LogP contribution in [0.1, 0.15) is 49.4 Å². The average Bonchev–Trinajstić information content (AvgIpc) is 2.70. The topological polar surface area (TPSA) is 38.8 Å². The highest BCUT2D eigenvalue weighted by atomic mass is 16.5. The summed E-state index contributed by atoms with van der Waals surface area (Å²) in [5.74, 6) is 2.18. The smallest absolute Gasteiger partial charge is 0.223 e. The molecule has 1 amide bonds. The van der Waals surface area contributed by atoms with Gasteiger partial charge in [-0.25, -0.2) is 0 Å². The van der Waals surface area contributed by atoms with Crippen LogP contribution in [0.5, 0.6) is 11.5 Å². The molecular formula is C23H29NO3. The molecule has 0 fully saturated rings. The third kappa shape index (κ3) is 4.10. The molecule has 1 aliphatic heterocycles. The van der Waals surface area contributed by atoms with E-state index in [9.17, 15) is 4.79 Å². The van der Waals surface area contributed by atoms with Crippen LogP contribution in [-0.2, 0) is 11.2 Å². The molecule has 1 unspecified atom stereocenters. The van der Waals surface area contributed by atoms with Crippen LogP contribution >= 0.6 is 0 Å². The second kappa shape index (κ2) is 8.47. The summed E-state index contributed by atoms with van der Waals surface area (Å²) >= 11 is 0. The van der Waals surface area contributed by atoms with E-state index in [1.807, 2.05) is 29.2 Å². The van der Waals surface area contributed by atoms with E-state index in [1.54, 1.807) is 14.2 Å². The number of carbonyl (C=O) groups excluding carboxylic acids is 1. The fourth-order valence-corrected chi connectivity index (χ4v) is 3.77. The molecule has 2 aromatic carbocycles. The first-order valence-corrected chi connectivity index (χ1v) is 9.64. The third-order valence-corrected chi connectivity index (χ3v) is 5.24. The van der Waals surface area contributed by atoms with Gasteiger partial charge in [0.05, 0.1) is 20.3 Å². The van der Waals surface area contributed by atoms with E-state index in [0.29, 0.717) is 18.1 Å². The molecule has 0 N–H and O–H groups in total. The van der Waals surface area contributed by atoms with Gasteiger partial charge in [-0.05, 0) is 47.6 Å². The lowest BCUT2D eigenvalue weighted by Crippen LogP contribution is -2.40. The molecular weight excluding hydrogens is 338 g/mol. The van der Waals surface area contributed by atoms with Gasteiger partial charge in [0.25, 0.3) is 0 Å². The third-order valence-electron chi connectivity index (χ3n) is 5.24. The van der Waals surface area contributed by atoms with Crippen molar-refractivity contribution in [2.24, 2.45) is 5.92 Å². The molecule has 0 saturated carbocycles. The van der Waals surface area contributed by atoms with E-state index in [-0.39, 0.29) is 11.9 Å². The van der Waals surface area contributed by atoms with Crippen molar-refractivity contribution in [3.8, 4) is 11.5 Å². The van der Waals surface area contributed by atoms with Crippen molar-refractivity contribution in [3.05, 3.63) is 59.2 Å². The number of ether oxygens (including phenoxy) is 2. The number of hydrogen-bond acceptors (Lipinski definition) is 3. The number of methoxy groups -OCH3 is 2. The van der Waals surface area contributed by atoms with Crippen LogP contribution in [0, 0.1) is 5.92 Å². The predicted octanol–water partition coefficient (Wildman–Crippen LogP) is 4.61. The summed E-state index contributed by atoms with van der Waals surface area (Å²) in [7, 11) is 3.31. The highest BCUT2D eigenvalue weighted by Gasteiger charge is 2.33. The normalized spacial score (nSPS) is 16.2.